The van der Waals surface area contributed by atoms with Crippen LogP contribution in [0.5, 0.6) is 0 Å². The lowest BCUT2D eigenvalue weighted by molar-refractivity contribution is 0.0948. The Balaban J connectivity index is 1.50. The van der Waals surface area contributed by atoms with Gasteiger partial charge in [-0.05, 0) is 24.3 Å². The average Bonchev–Trinajstić information content (AvgIpc) is 3.16. The maximum Gasteiger partial charge on any atom is 0.270 e. The Kier molecular flexibility index (Phi) is 4.03. The highest BCUT2D eigenvalue weighted by Gasteiger charge is 2.14. The molecule has 0 saturated carbocycles. The molecule has 0 atom stereocenters. The van der Waals surface area contributed by atoms with Crippen molar-refractivity contribution in [3.8, 4) is 11.5 Å². The first-order chi connectivity index (χ1) is 12.7. The van der Waals surface area contributed by atoms with Crippen molar-refractivity contribution in [2.45, 2.75) is 6.54 Å². The van der Waals surface area contributed by atoms with Crippen LogP contribution in [0.1, 0.15) is 16.1 Å². The van der Waals surface area contributed by atoms with Crippen LogP contribution in [0.3, 0.4) is 0 Å². The minimum atomic E-state index is -0.509. The van der Waals surface area contributed by atoms with Crippen LogP contribution in [-0.4, -0.2) is 20.3 Å². The number of carbonyl (C=O) groups is 1. The van der Waals surface area contributed by atoms with Gasteiger partial charge in [0, 0.05) is 18.0 Å². The molecule has 0 fully saturated rings. The number of fused-ring (bicyclic) bond motifs is 1. The highest BCUT2D eigenvalue weighted by Crippen LogP contribution is 2.17. The van der Waals surface area contributed by atoms with Crippen molar-refractivity contribution in [3.63, 3.8) is 0 Å². The van der Waals surface area contributed by atoms with Crippen molar-refractivity contribution in [3.05, 3.63) is 88.8 Å². The molecule has 7 heteroatoms. The quantitative estimate of drug-likeness (QED) is 0.612. The average molecular weight is 346 g/mol. The summed E-state index contributed by atoms with van der Waals surface area (Å²) < 4.78 is 6.76. The molecular formula is C19H14N4O3. The first-order valence-electron chi connectivity index (χ1n) is 7.97. The predicted molar refractivity (Wildman–Crippen MR) is 94.6 cm³/mol. The fourth-order valence-corrected chi connectivity index (χ4v) is 2.55. The van der Waals surface area contributed by atoms with E-state index in [0.29, 0.717) is 17.2 Å². The van der Waals surface area contributed by atoms with Gasteiger partial charge in [0.15, 0.2) is 0 Å². The molecule has 1 aromatic carbocycles. The van der Waals surface area contributed by atoms with E-state index in [4.69, 9.17) is 4.42 Å². The molecule has 0 aliphatic heterocycles. The Morgan fingerprint density at radius 2 is 1.92 bits per heavy atom. The van der Waals surface area contributed by atoms with Gasteiger partial charge in [-0.1, -0.05) is 24.3 Å². The van der Waals surface area contributed by atoms with Crippen molar-refractivity contribution < 1.29 is 9.21 Å². The molecule has 3 aromatic heterocycles. The van der Waals surface area contributed by atoms with Gasteiger partial charge in [0.1, 0.15) is 17.5 Å². The Bertz CT molecular complexity index is 1130. The van der Waals surface area contributed by atoms with Crippen molar-refractivity contribution in [2.75, 3.05) is 0 Å². The second-order valence-electron chi connectivity index (χ2n) is 5.60. The van der Waals surface area contributed by atoms with Crippen LogP contribution in [0, 0.1) is 0 Å². The highest BCUT2D eigenvalue weighted by atomic mass is 16.3. The summed E-state index contributed by atoms with van der Waals surface area (Å²) in [5.74, 6) is -0.0349. The van der Waals surface area contributed by atoms with E-state index in [1.165, 1.54) is 16.9 Å². The summed E-state index contributed by atoms with van der Waals surface area (Å²) in [5.41, 5.74) is 1.45. The van der Waals surface area contributed by atoms with Crippen LogP contribution in [0.15, 0.2) is 76.4 Å². The Morgan fingerprint density at radius 1 is 1.12 bits per heavy atom. The van der Waals surface area contributed by atoms with E-state index < -0.39 is 11.5 Å². The van der Waals surface area contributed by atoms with Crippen LogP contribution in [0.2, 0.25) is 0 Å². The zero-order valence-corrected chi connectivity index (χ0v) is 13.6. The predicted octanol–water partition coefficient (Wildman–Crippen LogP) is 2.28. The fraction of sp³-hybridized carbons (Fsp3) is 0.0526. The monoisotopic (exact) mass is 346 g/mol. The summed E-state index contributed by atoms with van der Waals surface area (Å²) in [4.78, 5) is 33.2. The highest BCUT2D eigenvalue weighted by molar-refractivity contribution is 5.93. The van der Waals surface area contributed by atoms with Gasteiger partial charge in [0.2, 0.25) is 5.89 Å². The molecule has 128 valence electrons. The van der Waals surface area contributed by atoms with Crippen LogP contribution >= 0.6 is 0 Å². The Hall–Kier alpha value is -3.74. The molecule has 0 aliphatic rings. The summed E-state index contributed by atoms with van der Waals surface area (Å²) in [6.45, 7) is 0.145. The zero-order valence-electron chi connectivity index (χ0n) is 13.6. The molecule has 0 saturated heterocycles. The molecule has 1 amide bonds. The largest absolute Gasteiger partial charge is 0.444 e. The number of rotatable bonds is 4. The summed E-state index contributed by atoms with van der Waals surface area (Å²) in [7, 11) is 0. The van der Waals surface area contributed by atoms with E-state index in [9.17, 15) is 9.59 Å². The Morgan fingerprint density at radius 3 is 2.77 bits per heavy atom. The van der Waals surface area contributed by atoms with Gasteiger partial charge in [-0.25, -0.2) is 9.97 Å². The molecule has 1 N–H and O–H groups in total. The summed E-state index contributed by atoms with van der Waals surface area (Å²) in [6, 6.07) is 14.6. The number of hydrogen-bond donors (Lipinski definition) is 1. The molecule has 4 aromatic rings. The molecule has 26 heavy (non-hydrogen) atoms. The van der Waals surface area contributed by atoms with Gasteiger partial charge in [0.25, 0.3) is 11.5 Å². The SMILES string of the molecule is O=C(NCc1coc(-c2ccccc2)n1)c1cnc2ccccn2c1=O. The molecule has 0 bridgehead atoms. The van der Waals surface area contributed by atoms with Crippen LogP contribution in [0.25, 0.3) is 17.1 Å². The molecule has 0 aliphatic carbocycles. The number of amides is 1. The van der Waals surface area contributed by atoms with Crippen molar-refractivity contribution in [1.29, 1.82) is 0 Å². The number of oxazole rings is 1. The molecule has 4 rings (SSSR count). The van der Waals surface area contributed by atoms with Gasteiger partial charge >= 0.3 is 0 Å². The molecule has 0 radical (unpaired) electrons. The minimum absolute atomic E-state index is 0.0273. The molecule has 3 heterocycles. The first-order valence-corrected chi connectivity index (χ1v) is 7.97. The third-order valence-electron chi connectivity index (χ3n) is 3.86. The molecule has 0 spiro atoms. The number of aromatic nitrogens is 3. The van der Waals surface area contributed by atoms with Gasteiger partial charge in [-0.15, -0.1) is 0 Å². The fourth-order valence-electron chi connectivity index (χ4n) is 2.55. The maximum atomic E-state index is 12.4. The number of hydrogen-bond acceptors (Lipinski definition) is 5. The van der Waals surface area contributed by atoms with Gasteiger partial charge in [-0.2, -0.15) is 0 Å². The van der Waals surface area contributed by atoms with Crippen molar-refractivity contribution in [1.82, 2.24) is 19.7 Å². The van der Waals surface area contributed by atoms with E-state index in [1.807, 2.05) is 30.3 Å². The molecular weight excluding hydrogens is 332 g/mol. The number of pyridine rings is 1. The van der Waals surface area contributed by atoms with Crippen LogP contribution < -0.4 is 10.9 Å². The number of carbonyl (C=O) groups excluding carboxylic acids is 1. The third kappa shape index (κ3) is 2.98. The smallest absolute Gasteiger partial charge is 0.270 e. The lowest BCUT2D eigenvalue weighted by Gasteiger charge is -2.04. The molecule has 0 unspecified atom stereocenters. The minimum Gasteiger partial charge on any atom is -0.444 e. The summed E-state index contributed by atoms with van der Waals surface area (Å²) in [6.07, 6.45) is 4.34. The van der Waals surface area contributed by atoms with E-state index >= 15 is 0 Å². The second-order valence-corrected chi connectivity index (χ2v) is 5.60. The third-order valence-corrected chi connectivity index (χ3v) is 3.86. The Labute approximate surface area is 148 Å². The van der Waals surface area contributed by atoms with Gasteiger partial charge in [0.05, 0.1) is 12.2 Å². The normalized spacial score (nSPS) is 10.8. The summed E-state index contributed by atoms with van der Waals surface area (Å²) in [5, 5.41) is 2.67. The van der Waals surface area contributed by atoms with E-state index in [-0.39, 0.29) is 12.1 Å². The van der Waals surface area contributed by atoms with Crippen LogP contribution in [0.4, 0.5) is 0 Å². The van der Waals surface area contributed by atoms with Gasteiger partial charge in [-0.3, -0.25) is 14.0 Å². The van der Waals surface area contributed by atoms with Gasteiger partial charge < -0.3 is 9.73 Å². The lowest BCUT2D eigenvalue weighted by atomic mass is 10.2. The van der Waals surface area contributed by atoms with Crippen LogP contribution in [-0.2, 0) is 6.54 Å². The number of benzene rings is 1. The number of nitrogens with zero attached hydrogens (tertiary/aromatic N) is 3. The van der Waals surface area contributed by atoms with E-state index in [0.717, 1.165) is 5.56 Å². The standard InChI is InChI=1S/C19H14N4O3/c24-17(15-11-20-16-8-4-5-9-23(16)19(15)25)21-10-14-12-26-18(22-14)13-6-2-1-3-7-13/h1-9,11-12H,10H2,(H,21,24). The second kappa shape index (κ2) is 6.64. The van der Waals surface area contributed by atoms with Crippen molar-refractivity contribution in [2.24, 2.45) is 0 Å². The molecule has 7 nitrogen and oxygen atoms in total. The lowest BCUT2D eigenvalue weighted by Crippen LogP contribution is -2.31. The van der Waals surface area contributed by atoms with E-state index in [1.54, 1.807) is 24.4 Å². The summed E-state index contributed by atoms with van der Waals surface area (Å²) >= 11 is 0. The first kappa shape index (κ1) is 15.8. The zero-order chi connectivity index (χ0) is 17.9. The van der Waals surface area contributed by atoms with E-state index in [2.05, 4.69) is 15.3 Å². The number of nitrogens with one attached hydrogen (secondary N) is 1. The van der Waals surface area contributed by atoms with Crippen molar-refractivity contribution >= 4 is 11.6 Å². The topological polar surface area (TPSA) is 89.5 Å². The maximum absolute atomic E-state index is 12.4.